The van der Waals surface area contributed by atoms with Crippen molar-refractivity contribution in [3.8, 4) is 5.88 Å². The fourth-order valence-electron chi connectivity index (χ4n) is 2.99. The summed E-state index contributed by atoms with van der Waals surface area (Å²) in [5, 5.41) is 9.05. The van der Waals surface area contributed by atoms with E-state index in [1.807, 2.05) is 54.3 Å². The Morgan fingerprint density at radius 1 is 1.25 bits per heavy atom. The van der Waals surface area contributed by atoms with Gasteiger partial charge in [-0.25, -0.2) is 0 Å². The van der Waals surface area contributed by atoms with Gasteiger partial charge in [-0.2, -0.15) is 5.10 Å². The zero-order valence-electron chi connectivity index (χ0n) is 13.4. The number of amides is 1. The van der Waals surface area contributed by atoms with Crippen LogP contribution >= 0.6 is 0 Å². The first-order chi connectivity index (χ1) is 11.7. The predicted octanol–water partition coefficient (Wildman–Crippen LogP) is 2.56. The molecule has 6 heteroatoms. The number of likely N-dealkylation sites (tertiary alicyclic amines) is 1. The molecule has 6 nitrogen and oxygen atoms in total. The third-order valence-corrected chi connectivity index (χ3v) is 4.25. The highest BCUT2D eigenvalue weighted by atomic mass is 16.5. The van der Waals surface area contributed by atoms with Gasteiger partial charge in [-0.05, 0) is 25.1 Å². The lowest BCUT2D eigenvalue weighted by molar-refractivity contribution is 0.0766. The van der Waals surface area contributed by atoms with Crippen LogP contribution in [0.2, 0.25) is 0 Å². The SMILES string of the molecule is Cc1ccc(O[C@@H]2CCN(C(=O)c3cc4ccccc4[nH]3)C2)nn1. The number of fused-ring (bicyclic) bond motifs is 1. The Kier molecular flexibility index (Phi) is 3.65. The van der Waals surface area contributed by atoms with Crippen LogP contribution in [0.5, 0.6) is 5.88 Å². The lowest BCUT2D eigenvalue weighted by atomic mass is 10.2. The largest absolute Gasteiger partial charge is 0.471 e. The van der Waals surface area contributed by atoms with E-state index in [9.17, 15) is 4.79 Å². The van der Waals surface area contributed by atoms with Gasteiger partial charge in [0.2, 0.25) is 5.88 Å². The van der Waals surface area contributed by atoms with Crippen molar-refractivity contribution in [1.82, 2.24) is 20.1 Å². The molecule has 4 rings (SSSR count). The minimum absolute atomic E-state index is 0.00675. The molecule has 0 spiro atoms. The monoisotopic (exact) mass is 322 g/mol. The Morgan fingerprint density at radius 3 is 2.92 bits per heavy atom. The van der Waals surface area contributed by atoms with E-state index in [1.54, 1.807) is 0 Å². The van der Waals surface area contributed by atoms with Gasteiger partial charge >= 0.3 is 0 Å². The number of nitrogens with zero attached hydrogens (tertiary/aromatic N) is 3. The number of carbonyl (C=O) groups excluding carboxylic acids is 1. The van der Waals surface area contributed by atoms with Crippen molar-refractivity contribution in [3.05, 3.63) is 53.9 Å². The van der Waals surface area contributed by atoms with Crippen LogP contribution in [0, 0.1) is 6.92 Å². The van der Waals surface area contributed by atoms with E-state index < -0.39 is 0 Å². The normalized spacial score (nSPS) is 17.4. The van der Waals surface area contributed by atoms with E-state index in [2.05, 4.69) is 15.2 Å². The van der Waals surface area contributed by atoms with Crippen molar-refractivity contribution in [3.63, 3.8) is 0 Å². The van der Waals surface area contributed by atoms with Gasteiger partial charge in [-0.15, -0.1) is 5.10 Å². The lowest BCUT2D eigenvalue weighted by Crippen LogP contribution is -2.31. The molecule has 1 amide bonds. The van der Waals surface area contributed by atoms with Crippen LogP contribution in [0.3, 0.4) is 0 Å². The van der Waals surface area contributed by atoms with Crippen molar-refractivity contribution in [2.45, 2.75) is 19.4 Å². The van der Waals surface area contributed by atoms with Crippen LogP contribution in [-0.4, -0.2) is 45.2 Å². The Morgan fingerprint density at radius 2 is 2.12 bits per heavy atom. The second-order valence-electron chi connectivity index (χ2n) is 6.06. The van der Waals surface area contributed by atoms with Crippen LogP contribution in [0.25, 0.3) is 10.9 Å². The first-order valence-electron chi connectivity index (χ1n) is 8.03. The summed E-state index contributed by atoms with van der Waals surface area (Å²) in [5.74, 6) is 0.512. The molecule has 1 fully saturated rings. The molecular formula is C18H18N4O2. The van der Waals surface area contributed by atoms with Gasteiger partial charge in [0.25, 0.3) is 5.91 Å². The standard InChI is InChI=1S/C18H18N4O2/c1-12-6-7-17(21-20-12)24-14-8-9-22(11-14)18(23)16-10-13-4-2-3-5-15(13)19-16/h2-7,10,14,19H,8-9,11H2,1H3/t14-/m1/s1. The molecule has 2 aromatic heterocycles. The third-order valence-electron chi connectivity index (χ3n) is 4.25. The maximum Gasteiger partial charge on any atom is 0.270 e. The molecule has 1 aliphatic heterocycles. The predicted molar refractivity (Wildman–Crippen MR) is 90.0 cm³/mol. The number of aromatic nitrogens is 3. The van der Waals surface area contributed by atoms with Gasteiger partial charge in [-0.3, -0.25) is 4.79 Å². The molecule has 0 bridgehead atoms. The van der Waals surface area contributed by atoms with Crippen LogP contribution < -0.4 is 4.74 Å². The zero-order valence-corrected chi connectivity index (χ0v) is 13.4. The van der Waals surface area contributed by atoms with E-state index >= 15 is 0 Å². The van der Waals surface area contributed by atoms with Crippen LogP contribution in [-0.2, 0) is 0 Å². The number of hydrogen-bond donors (Lipinski definition) is 1. The average Bonchev–Trinajstić information content (AvgIpc) is 3.23. The quantitative estimate of drug-likeness (QED) is 0.804. The second-order valence-corrected chi connectivity index (χ2v) is 6.06. The molecule has 24 heavy (non-hydrogen) atoms. The van der Waals surface area contributed by atoms with Gasteiger partial charge in [0.15, 0.2) is 0 Å². The number of para-hydroxylation sites is 1. The summed E-state index contributed by atoms with van der Waals surface area (Å²) >= 11 is 0. The molecule has 1 saturated heterocycles. The minimum atomic E-state index is -0.0460. The number of ether oxygens (including phenoxy) is 1. The first kappa shape index (κ1) is 14.7. The molecule has 0 aliphatic carbocycles. The van der Waals surface area contributed by atoms with E-state index in [-0.39, 0.29) is 12.0 Å². The van der Waals surface area contributed by atoms with E-state index in [4.69, 9.17) is 4.74 Å². The summed E-state index contributed by atoms with van der Waals surface area (Å²) in [7, 11) is 0. The highest BCUT2D eigenvalue weighted by Crippen LogP contribution is 2.20. The number of rotatable bonds is 3. The number of H-pyrrole nitrogens is 1. The molecule has 1 atom stereocenters. The van der Waals surface area contributed by atoms with Gasteiger partial charge < -0.3 is 14.6 Å². The Labute approximate surface area is 139 Å². The molecule has 0 radical (unpaired) electrons. The molecule has 1 aliphatic rings. The van der Waals surface area contributed by atoms with Crippen LogP contribution in [0.15, 0.2) is 42.5 Å². The number of carbonyl (C=O) groups is 1. The number of benzene rings is 1. The minimum Gasteiger partial charge on any atom is -0.471 e. The Hall–Kier alpha value is -2.89. The summed E-state index contributed by atoms with van der Waals surface area (Å²) in [5.41, 5.74) is 2.44. The highest BCUT2D eigenvalue weighted by Gasteiger charge is 2.29. The summed E-state index contributed by atoms with van der Waals surface area (Å²) in [6.45, 7) is 3.12. The summed E-state index contributed by atoms with van der Waals surface area (Å²) in [6, 6.07) is 13.5. The van der Waals surface area contributed by atoms with Crippen molar-refractivity contribution >= 4 is 16.8 Å². The Bertz CT molecular complexity index is 839. The Balaban J connectivity index is 1.44. The van der Waals surface area contributed by atoms with Gasteiger partial charge in [0.1, 0.15) is 11.8 Å². The van der Waals surface area contributed by atoms with E-state index in [0.29, 0.717) is 24.7 Å². The van der Waals surface area contributed by atoms with Gasteiger partial charge in [0.05, 0.1) is 12.2 Å². The fourth-order valence-corrected chi connectivity index (χ4v) is 2.99. The average molecular weight is 322 g/mol. The van der Waals surface area contributed by atoms with Crippen LogP contribution in [0.4, 0.5) is 0 Å². The number of aryl methyl sites for hydroxylation is 1. The number of aromatic amines is 1. The van der Waals surface area contributed by atoms with Crippen molar-refractivity contribution < 1.29 is 9.53 Å². The highest BCUT2D eigenvalue weighted by molar-refractivity contribution is 5.98. The summed E-state index contributed by atoms with van der Waals surface area (Å²) < 4.78 is 5.83. The molecule has 3 aromatic rings. The second kappa shape index (κ2) is 5.96. The van der Waals surface area contributed by atoms with Crippen molar-refractivity contribution in [1.29, 1.82) is 0 Å². The number of nitrogens with one attached hydrogen (secondary N) is 1. The van der Waals surface area contributed by atoms with E-state index in [0.717, 1.165) is 23.0 Å². The number of hydrogen-bond acceptors (Lipinski definition) is 4. The molecule has 122 valence electrons. The van der Waals surface area contributed by atoms with Gasteiger partial charge in [0, 0.05) is 29.9 Å². The maximum atomic E-state index is 12.7. The topological polar surface area (TPSA) is 71.1 Å². The smallest absolute Gasteiger partial charge is 0.270 e. The maximum absolute atomic E-state index is 12.7. The van der Waals surface area contributed by atoms with Crippen molar-refractivity contribution in [2.24, 2.45) is 0 Å². The lowest BCUT2D eigenvalue weighted by Gasteiger charge is -2.16. The molecule has 1 aromatic carbocycles. The summed E-state index contributed by atoms with van der Waals surface area (Å²) in [4.78, 5) is 17.7. The molecule has 1 N–H and O–H groups in total. The fraction of sp³-hybridized carbons (Fsp3) is 0.278. The molecule has 0 unspecified atom stereocenters. The third kappa shape index (κ3) is 2.82. The van der Waals surface area contributed by atoms with Crippen molar-refractivity contribution in [2.75, 3.05) is 13.1 Å². The van der Waals surface area contributed by atoms with Gasteiger partial charge in [-0.1, -0.05) is 18.2 Å². The first-order valence-corrected chi connectivity index (χ1v) is 8.03. The summed E-state index contributed by atoms with van der Waals surface area (Å²) in [6.07, 6.45) is 0.747. The van der Waals surface area contributed by atoms with Crippen LogP contribution in [0.1, 0.15) is 22.6 Å². The zero-order chi connectivity index (χ0) is 16.5. The molecule has 0 saturated carbocycles. The molecular weight excluding hydrogens is 304 g/mol. The van der Waals surface area contributed by atoms with E-state index in [1.165, 1.54) is 0 Å². The molecule has 3 heterocycles.